The summed E-state index contributed by atoms with van der Waals surface area (Å²) in [4.78, 5) is 44.6. The van der Waals surface area contributed by atoms with Crippen molar-refractivity contribution in [1.82, 2.24) is 0 Å². The number of aliphatic hydroxyl groups is 2. The highest BCUT2D eigenvalue weighted by atomic mass is 16.6. The van der Waals surface area contributed by atoms with E-state index in [1.807, 2.05) is 0 Å². The minimum absolute atomic E-state index is 0.0278. The molecule has 0 aliphatic rings. The molecule has 0 spiro atoms. The molecule has 0 amide bonds. The highest BCUT2D eigenvalue weighted by molar-refractivity contribution is 6.02. The van der Waals surface area contributed by atoms with Crippen molar-refractivity contribution in [3.8, 4) is 0 Å². The van der Waals surface area contributed by atoms with E-state index in [2.05, 4.69) is 4.74 Å². The molecule has 1 aromatic carbocycles. The summed E-state index contributed by atoms with van der Waals surface area (Å²) in [5.74, 6) is -5.60. The molecule has 0 saturated carbocycles. The lowest BCUT2D eigenvalue weighted by Gasteiger charge is -2.01. The molecule has 10 heteroatoms. The third kappa shape index (κ3) is 5.85. The number of carbonyl (C=O) groups is 4. The first-order chi connectivity index (χ1) is 12.3. The molecule has 0 aliphatic carbocycles. The van der Waals surface area contributed by atoms with E-state index in [0.717, 1.165) is 12.1 Å². The van der Waals surface area contributed by atoms with Gasteiger partial charge in [0.15, 0.2) is 0 Å². The van der Waals surface area contributed by atoms with Crippen LogP contribution in [0.1, 0.15) is 41.8 Å². The zero-order chi connectivity index (χ0) is 19.7. The van der Waals surface area contributed by atoms with Gasteiger partial charge in [0, 0.05) is 0 Å². The number of carboxylic acid groups (broad SMARTS) is 2. The Morgan fingerprint density at radius 2 is 1.23 bits per heavy atom. The van der Waals surface area contributed by atoms with Crippen molar-refractivity contribution >= 4 is 23.9 Å². The van der Waals surface area contributed by atoms with Crippen LogP contribution in [0.15, 0.2) is 40.8 Å². The van der Waals surface area contributed by atoms with Crippen LogP contribution in [0.25, 0.3) is 0 Å². The fourth-order valence-electron chi connectivity index (χ4n) is 1.50. The third-order valence-corrected chi connectivity index (χ3v) is 2.67. The standard InChI is InChI=1S/C14H8O8.C2H6O2/c15-11(16)7-1-3-8(4-2-7)13(19)22-14(20)10-6-5-9(21-10)12(17)18;3-1-2-4/h1-6H,(H,15,16)(H,17,18);3-4H,1-2H2. The van der Waals surface area contributed by atoms with Gasteiger partial charge in [-0.15, -0.1) is 0 Å². The number of aliphatic hydroxyl groups excluding tert-OH is 2. The number of hydrogen-bond acceptors (Lipinski definition) is 8. The van der Waals surface area contributed by atoms with Gasteiger partial charge in [-0.3, -0.25) is 0 Å². The van der Waals surface area contributed by atoms with Crippen LogP contribution in [-0.4, -0.2) is 57.5 Å². The molecule has 2 aromatic rings. The monoisotopic (exact) mass is 366 g/mol. The molecule has 0 radical (unpaired) electrons. The van der Waals surface area contributed by atoms with Gasteiger partial charge in [0.1, 0.15) is 0 Å². The summed E-state index contributed by atoms with van der Waals surface area (Å²) in [5, 5.41) is 32.6. The first-order valence-corrected chi connectivity index (χ1v) is 6.94. The summed E-state index contributed by atoms with van der Waals surface area (Å²) in [7, 11) is 0. The van der Waals surface area contributed by atoms with Crippen molar-refractivity contribution in [2.75, 3.05) is 13.2 Å². The lowest BCUT2D eigenvalue weighted by molar-refractivity contribution is 0.0373. The van der Waals surface area contributed by atoms with Crippen LogP contribution in [0.5, 0.6) is 0 Å². The van der Waals surface area contributed by atoms with Gasteiger partial charge in [0.05, 0.1) is 24.3 Å². The minimum Gasteiger partial charge on any atom is -0.478 e. The molecular formula is C16H14O10. The molecule has 10 nitrogen and oxygen atoms in total. The van der Waals surface area contributed by atoms with Gasteiger partial charge < -0.3 is 29.6 Å². The van der Waals surface area contributed by atoms with E-state index in [0.29, 0.717) is 0 Å². The molecule has 0 saturated heterocycles. The second kappa shape index (κ2) is 9.71. The molecule has 1 aromatic heterocycles. The van der Waals surface area contributed by atoms with Crippen molar-refractivity contribution in [2.24, 2.45) is 0 Å². The second-order valence-electron chi connectivity index (χ2n) is 4.48. The summed E-state index contributed by atoms with van der Waals surface area (Å²) in [6, 6.07) is 6.84. The van der Waals surface area contributed by atoms with Gasteiger partial charge in [0.25, 0.3) is 0 Å². The van der Waals surface area contributed by atoms with Crippen LogP contribution in [-0.2, 0) is 4.74 Å². The Kier molecular flexibility index (Phi) is 7.67. The van der Waals surface area contributed by atoms with E-state index in [1.165, 1.54) is 24.3 Å². The molecule has 0 bridgehead atoms. The second-order valence-corrected chi connectivity index (χ2v) is 4.48. The highest BCUT2D eigenvalue weighted by Gasteiger charge is 2.20. The van der Waals surface area contributed by atoms with Gasteiger partial charge in [-0.2, -0.15) is 0 Å². The number of aromatic carboxylic acids is 2. The Balaban J connectivity index is 0.000000765. The van der Waals surface area contributed by atoms with E-state index in [1.54, 1.807) is 0 Å². The highest BCUT2D eigenvalue weighted by Crippen LogP contribution is 2.12. The Labute approximate surface area is 145 Å². The van der Waals surface area contributed by atoms with Gasteiger partial charge in [-0.25, -0.2) is 19.2 Å². The summed E-state index contributed by atoms with van der Waals surface area (Å²) >= 11 is 0. The number of hydrogen-bond donors (Lipinski definition) is 4. The fraction of sp³-hybridized carbons (Fsp3) is 0.125. The maximum Gasteiger partial charge on any atom is 0.382 e. The van der Waals surface area contributed by atoms with E-state index in [4.69, 9.17) is 24.8 Å². The fourth-order valence-corrected chi connectivity index (χ4v) is 1.50. The van der Waals surface area contributed by atoms with Crippen molar-refractivity contribution in [3.63, 3.8) is 0 Å². The Morgan fingerprint density at radius 3 is 1.65 bits per heavy atom. The van der Waals surface area contributed by atoms with Crippen LogP contribution in [0.4, 0.5) is 0 Å². The summed E-state index contributed by atoms with van der Waals surface area (Å²) in [6.45, 7) is -0.250. The smallest absolute Gasteiger partial charge is 0.382 e. The molecule has 0 atom stereocenters. The van der Waals surface area contributed by atoms with Crippen molar-refractivity contribution < 1.29 is 48.8 Å². The molecule has 0 fully saturated rings. The normalized spacial score (nSPS) is 9.62. The third-order valence-electron chi connectivity index (χ3n) is 2.67. The number of benzene rings is 1. The van der Waals surface area contributed by atoms with Gasteiger partial charge in [-0.05, 0) is 36.4 Å². The number of furan rings is 1. The molecule has 0 aliphatic heterocycles. The first kappa shape index (κ1) is 20.5. The summed E-state index contributed by atoms with van der Waals surface area (Å²) in [6.07, 6.45) is 0. The minimum atomic E-state index is -1.37. The predicted molar refractivity (Wildman–Crippen MR) is 83.0 cm³/mol. The Hall–Kier alpha value is -3.50. The number of carbonyl (C=O) groups excluding carboxylic acids is 2. The lowest BCUT2D eigenvalue weighted by atomic mass is 10.1. The summed E-state index contributed by atoms with van der Waals surface area (Å²) in [5.41, 5.74) is -0.0663. The van der Waals surface area contributed by atoms with E-state index in [-0.39, 0.29) is 24.3 Å². The average molecular weight is 366 g/mol. The largest absolute Gasteiger partial charge is 0.478 e. The van der Waals surface area contributed by atoms with E-state index >= 15 is 0 Å². The van der Waals surface area contributed by atoms with Crippen molar-refractivity contribution in [1.29, 1.82) is 0 Å². The summed E-state index contributed by atoms with van der Waals surface area (Å²) < 4.78 is 9.19. The molecular weight excluding hydrogens is 352 g/mol. The van der Waals surface area contributed by atoms with Crippen LogP contribution in [0.2, 0.25) is 0 Å². The zero-order valence-electron chi connectivity index (χ0n) is 13.1. The van der Waals surface area contributed by atoms with Crippen LogP contribution >= 0.6 is 0 Å². The van der Waals surface area contributed by atoms with Crippen LogP contribution in [0.3, 0.4) is 0 Å². The van der Waals surface area contributed by atoms with Crippen LogP contribution < -0.4 is 0 Å². The molecule has 138 valence electrons. The number of carboxylic acids is 2. The molecule has 0 unspecified atom stereocenters. The molecule has 1 heterocycles. The quantitative estimate of drug-likeness (QED) is 0.434. The average Bonchev–Trinajstić information content (AvgIpc) is 3.12. The van der Waals surface area contributed by atoms with Gasteiger partial charge in [0.2, 0.25) is 11.5 Å². The first-order valence-electron chi connectivity index (χ1n) is 6.94. The number of esters is 2. The van der Waals surface area contributed by atoms with E-state index < -0.39 is 35.4 Å². The number of rotatable bonds is 5. The number of ether oxygens (including phenoxy) is 1. The molecule has 26 heavy (non-hydrogen) atoms. The SMILES string of the molecule is O=C(O)c1ccc(C(=O)OC(=O)c2ccc(C(=O)O)o2)cc1.OCCO. The van der Waals surface area contributed by atoms with E-state index in [9.17, 15) is 19.2 Å². The predicted octanol–water partition coefficient (Wildman–Crippen LogP) is 0.644. The molecule has 4 N–H and O–H groups in total. The lowest BCUT2D eigenvalue weighted by Crippen LogP contribution is -2.12. The molecule has 2 rings (SSSR count). The van der Waals surface area contributed by atoms with Crippen molar-refractivity contribution in [3.05, 3.63) is 59.0 Å². The topological polar surface area (TPSA) is 172 Å². The zero-order valence-corrected chi connectivity index (χ0v) is 13.1. The van der Waals surface area contributed by atoms with Crippen LogP contribution in [0, 0.1) is 0 Å². The van der Waals surface area contributed by atoms with Crippen molar-refractivity contribution in [2.45, 2.75) is 0 Å². The Bertz CT molecular complexity index is 786. The van der Waals surface area contributed by atoms with Gasteiger partial charge in [-0.1, -0.05) is 0 Å². The maximum atomic E-state index is 11.7. The van der Waals surface area contributed by atoms with Gasteiger partial charge >= 0.3 is 23.9 Å². The Morgan fingerprint density at radius 1 is 0.731 bits per heavy atom. The maximum absolute atomic E-state index is 11.7.